The first kappa shape index (κ1) is 19.7. The highest BCUT2D eigenvalue weighted by Gasteiger charge is 2.28. The summed E-state index contributed by atoms with van der Waals surface area (Å²) in [4.78, 5) is 14.1. The zero-order valence-corrected chi connectivity index (χ0v) is 15.7. The van der Waals surface area contributed by atoms with Gasteiger partial charge in [0.1, 0.15) is 9.84 Å². The van der Waals surface area contributed by atoms with Crippen molar-refractivity contribution in [1.82, 2.24) is 10.2 Å². The first-order valence-electron chi connectivity index (χ1n) is 8.68. The number of hydrogen-bond donors (Lipinski definition) is 2. The lowest BCUT2D eigenvalue weighted by Gasteiger charge is -2.22. The molecular formula is C18H28N2O4S. The first-order valence-corrected chi connectivity index (χ1v) is 10.7. The number of benzene rings is 1. The Morgan fingerprint density at radius 3 is 2.64 bits per heavy atom. The molecule has 2 rings (SSSR count). The van der Waals surface area contributed by atoms with Gasteiger partial charge in [0.2, 0.25) is 0 Å². The van der Waals surface area contributed by atoms with E-state index >= 15 is 0 Å². The summed E-state index contributed by atoms with van der Waals surface area (Å²) in [6, 6.07) is 9.66. The van der Waals surface area contributed by atoms with Gasteiger partial charge in [0.15, 0.2) is 0 Å². The average Bonchev–Trinajstić information content (AvgIpc) is 2.98. The Morgan fingerprint density at radius 1 is 1.36 bits per heavy atom. The Balaban J connectivity index is 1.89. The molecule has 1 aromatic carbocycles. The van der Waals surface area contributed by atoms with E-state index in [1.807, 2.05) is 30.3 Å². The van der Waals surface area contributed by atoms with Gasteiger partial charge in [-0.3, -0.25) is 0 Å². The van der Waals surface area contributed by atoms with Crippen molar-refractivity contribution in [2.24, 2.45) is 5.92 Å². The molecule has 1 fully saturated rings. The number of aliphatic hydroxyl groups excluding tert-OH is 1. The van der Waals surface area contributed by atoms with Crippen LogP contribution < -0.4 is 5.32 Å². The lowest BCUT2D eigenvalue weighted by Crippen LogP contribution is -2.40. The highest BCUT2D eigenvalue weighted by atomic mass is 32.2. The quantitative estimate of drug-likeness (QED) is 0.766. The lowest BCUT2D eigenvalue weighted by molar-refractivity contribution is 0.171. The van der Waals surface area contributed by atoms with Crippen LogP contribution in [0, 0.1) is 5.92 Å². The normalized spacial score (nSPS) is 20.3. The Morgan fingerprint density at radius 2 is 2.04 bits per heavy atom. The van der Waals surface area contributed by atoms with E-state index < -0.39 is 15.9 Å². The molecule has 0 aromatic heterocycles. The molecule has 7 heteroatoms. The smallest absolute Gasteiger partial charge is 0.317 e. The van der Waals surface area contributed by atoms with Crippen LogP contribution in [-0.2, 0) is 9.84 Å². The fourth-order valence-electron chi connectivity index (χ4n) is 3.38. The molecule has 1 aromatic rings. The summed E-state index contributed by atoms with van der Waals surface area (Å²) >= 11 is 0. The van der Waals surface area contributed by atoms with Gasteiger partial charge in [-0.1, -0.05) is 30.3 Å². The predicted molar refractivity (Wildman–Crippen MR) is 98.3 cm³/mol. The molecular weight excluding hydrogens is 340 g/mol. The summed E-state index contributed by atoms with van der Waals surface area (Å²) in [5.74, 6) is 0.188. The van der Waals surface area contributed by atoms with Gasteiger partial charge in [0, 0.05) is 31.8 Å². The van der Waals surface area contributed by atoms with Crippen LogP contribution in [0.25, 0.3) is 0 Å². The third-order valence-corrected chi connectivity index (χ3v) is 5.58. The van der Waals surface area contributed by atoms with E-state index in [-0.39, 0.29) is 23.6 Å². The van der Waals surface area contributed by atoms with E-state index in [1.54, 1.807) is 11.8 Å². The number of urea groups is 1. The SMILES string of the molecule is C[C@H](O)C[C@H](CNC(=O)N1CC[C@@H](CS(C)(=O)=O)C1)c1ccccc1. The summed E-state index contributed by atoms with van der Waals surface area (Å²) in [6.45, 7) is 3.25. The number of rotatable bonds is 7. The summed E-state index contributed by atoms with van der Waals surface area (Å²) in [5, 5.41) is 12.7. The molecule has 25 heavy (non-hydrogen) atoms. The highest BCUT2D eigenvalue weighted by Crippen LogP contribution is 2.21. The molecule has 0 unspecified atom stereocenters. The minimum Gasteiger partial charge on any atom is -0.393 e. The van der Waals surface area contributed by atoms with Crippen molar-refractivity contribution >= 4 is 15.9 Å². The van der Waals surface area contributed by atoms with Crippen molar-refractivity contribution in [1.29, 1.82) is 0 Å². The number of aliphatic hydroxyl groups is 1. The van der Waals surface area contributed by atoms with E-state index in [2.05, 4.69) is 5.32 Å². The summed E-state index contributed by atoms with van der Waals surface area (Å²) in [5.41, 5.74) is 1.08. The van der Waals surface area contributed by atoms with E-state index in [9.17, 15) is 18.3 Å². The van der Waals surface area contributed by atoms with Crippen LogP contribution in [0.5, 0.6) is 0 Å². The first-order chi connectivity index (χ1) is 11.7. The fourth-order valence-corrected chi connectivity index (χ4v) is 4.51. The Labute approximate surface area is 150 Å². The van der Waals surface area contributed by atoms with Gasteiger partial charge in [0.05, 0.1) is 11.9 Å². The Hall–Kier alpha value is -1.60. The fraction of sp³-hybridized carbons (Fsp3) is 0.611. The van der Waals surface area contributed by atoms with Crippen LogP contribution in [0.2, 0.25) is 0 Å². The number of carbonyl (C=O) groups excluding carboxylic acids is 1. The number of hydrogen-bond acceptors (Lipinski definition) is 4. The van der Waals surface area contributed by atoms with Gasteiger partial charge in [-0.2, -0.15) is 0 Å². The van der Waals surface area contributed by atoms with Gasteiger partial charge < -0.3 is 15.3 Å². The monoisotopic (exact) mass is 368 g/mol. The summed E-state index contributed by atoms with van der Waals surface area (Å²) < 4.78 is 22.8. The van der Waals surface area contributed by atoms with Crippen molar-refractivity contribution in [3.8, 4) is 0 Å². The molecule has 1 heterocycles. The largest absolute Gasteiger partial charge is 0.393 e. The number of nitrogens with one attached hydrogen (secondary N) is 1. The molecule has 0 bridgehead atoms. The van der Waals surface area contributed by atoms with Crippen molar-refractivity contribution < 1.29 is 18.3 Å². The number of sulfone groups is 1. The van der Waals surface area contributed by atoms with E-state index in [4.69, 9.17) is 0 Å². The predicted octanol–water partition coefficient (Wildman–Crippen LogP) is 1.62. The zero-order valence-electron chi connectivity index (χ0n) is 14.9. The Kier molecular flexibility index (Phi) is 6.84. The molecule has 6 nitrogen and oxygen atoms in total. The molecule has 0 saturated carbocycles. The molecule has 3 atom stereocenters. The molecule has 0 radical (unpaired) electrons. The van der Waals surface area contributed by atoms with Gasteiger partial charge >= 0.3 is 6.03 Å². The van der Waals surface area contributed by atoms with E-state index in [1.165, 1.54) is 6.26 Å². The maximum absolute atomic E-state index is 12.4. The molecule has 2 amide bonds. The average molecular weight is 368 g/mol. The van der Waals surface area contributed by atoms with Crippen LogP contribution in [0.4, 0.5) is 4.79 Å². The van der Waals surface area contributed by atoms with Gasteiger partial charge in [-0.05, 0) is 31.2 Å². The molecule has 0 spiro atoms. The maximum Gasteiger partial charge on any atom is 0.317 e. The standard InChI is InChI=1S/C18H28N2O4S/c1-14(21)10-17(16-6-4-3-5-7-16)11-19-18(22)20-9-8-15(12-20)13-25(2,23)24/h3-7,14-15,17,21H,8-13H2,1-2H3,(H,19,22)/t14-,15+,17+/m0/s1. The minimum atomic E-state index is -3.02. The maximum atomic E-state index is 12.4. The van der Waals surface area contributed by atoms with E-state index in [0.29, 0.717) is 26.1 Å². The van der Waals surface area contributed by atoms with Crippen LogP contribution in [0.15, 0.2) is 30.3 Å². The topological polar surface area (TPSA) is 86.7 Å². The van der Waals surface area contributed by atoms with Crippen LogP contribution in [-0.4, -0.2) is 62.2 Å². The molecule has 140 valence electrons. The number of nitrogens with zero attached hydrogens (tertiary/aromatic N) is 1. The number of likely N-dealkylation sites (tertiary alicyclic amines) is 1. The molecule has 0 aliphatic carbocycles. The minimum absolute atomic E-state index is 0.0168. The second-order valence-electron chi connectivity index (χ2n) is 7.07. The molecule has 2 N–H and O–H groups in total. The third-order valence-electron chi connectivity index (χ3n) is 4.51. The second kappa shape index (κ2) is 8.67. The summed E-state index contributed by atoms with van der Waals surface area (Å²) in [6.07, 6.45) is 2.07. The zero-order chi connectivity index (χ0) is 18.4. The molecule has 1 aliphatic rings. The van der Waals surface area contributed by atoms with Crippen LogP contribution in [0.3, 0.4) is 0 Å². The van der Waals surface area contributed by atoms with Gasteiger partial charge in [-0.25, -0.2) is 13.2 Å². The second-order valence-corrected chi connectivity index (χ2v) is 9.26. The van der Waals surface area contributed by atoms with Crippen molar-refractivity contribution in [3.05, 3.63) is 35.9 Å². The van der Waals surface area contributed by atoms with E-state index in [0.717, 1.165) is 12.0 Å². The Bertz CT molecular complexity index is 661. The third kappa shape index (κ3) is 6.66. The van der Waals surface area contributed by atoms with Crippen LogP contribution in [0.1, 0.15) is 31.2 Å². The summed E-state index contributed by atoms with van der Waals surface area (Å²) in [7, 11) is -3.02. The number of carbonyl (C=O) groups is 1. The molecule has 1 saturated heterocycles. The highest BCUT2D eigenvalue weighted by molar-refractivity contribution is 7.90. The van der Waals surface area contributed by atoms with Gasteiger partial charge in [0.25, 0.3) is 0 Å². The lowest BCUT2D eigenvalue weighted by atomic mass is 9.93. The van der Waals surface area contributed by atoms with Crippen molar-refractivity contribution in [2.75, 3.05) is 31.6 Å². The van der Waals surface area contributed by atoms with Crippen molar-refractivity contribution in [2.45, 2.75) is 31.8 Å². The number of amides is 2. The van der Waals surface area contributed by atoms with Gasteiger partial charge in [-0.15, -0.1) is 0 Å². The van der Waals surface area contributed by atoms with Crippen LogP contribution >= 0.6 is 0 Å². The molecule has 1 aliphatic heterocycles. The van der Waals surface area contributed by atoms with Crippen molar-refractivity contribution in [3.63, 3.8) is 0 Å².